The van der Waals surface area contributed by atoms with Gasteiger partial charge in [0.25, 0.3) is 5.91 Å². The van der Waals surface area contributed by atoms with Crippen molar-refractivity contribution in [3.8, 4) is 5.75 Å². The van der Waals surface area contributed by atoms with Crippen molar-refractivity contribution in [2.75, 3.05) is 11.9 Å². The lowest BCUT2D eigenvalue weighted by Gasteiger charge is -2.09. The summed E-state index contributed by atoms with van der Waals surface area (Å²) in [4.78, 5) is 20.0. The standard InChI is InChI=1S/C24H24N4O2/c1-17-9-11-19(12-10-17)26-24(29)16-30-20-6-4-5-18(13-20)14-25-15-23-27-21-7-2-3-8-22(21)28-23/h2-13,25H,14-16H2,1H3,(H,26,29)(H,27,28). The maximum Gasteiger partial charge on any atom is 0.262 e. The van der Waals surface area contributed by atoms with Crippen LogP contribution in [0.3, 0.4) is 0 Å². The number of hydrogen-bond acceptors (Lipinski definition) is 4. The number of amides is 1. The predicted molar refractivity (Wildman–Crippen MR) is 118 cm³/mol. The van der Waals surface area contributed by atoms with Gasteiger partial charge in [0.2, 0.25) is 0 Å². The summed E-state index contributed by atoms with van der Waals surface area (Å²) < 4.78 is 5.65. The van der Waals surface area contributed by atoms with Gasteiger partial charge >= 0.3 is 0 Å². The molecule has 0 fully saturated rings. The molecule has 6 nitrogen and oxygen atoms in total. The first-order valence-electron chi connectivity index (χ1n) is 9.88. The summed E-state index contributed by atoms with van der Waals surface area (Å²) in [5.74, 6) is 1.38. The van der Waals surface area contributed by atoms with Crippen LogP contribution in [0.5, 0.6) is 5.75 Å². The lowest BCUT2D eigenvalue weighted by atomic mass is 10.2. The summed E-state index contributed by atoms with van der Waals surface area (Å²) in [6.45, 7) is 3.28. The molecule has 6 heteroatoms. The van der Waals surface area contributed by atoms with Gasteiger partial charge in [0.15, 0.2) is 6.61 Å². The summed E-state index contributed by atoms with van der Waals surface area (Å²) in [6, 6.07) is 23.4. The van der Waals surface area contributed by atoms with E-state index in [4.69, 9.17) is 4.74 Å². The van der Waals surface area contributed by atoms with Gasteiger partial charge in [0, 0.05) is 12.2 Å². The Kier molecular flexibility index (Phi) is 6.06. The predicted octanol–water partition coefficient (Wildman–Crippen LogP) is 4.18. The highest BCUT2D eigenvalue weighted by Gasteiger charge is 2.05. The van der Waals surface area contributed by atoms with Crippen molar-refractivity contribution in [2.24, 2.45) is 0 Å². The lowest BCUT2D eigenvalue weighted by molar-refractivity contribution is -0.118. The Morgan fingerprint density at radius 1 is 1.00 bits per heavy atom. The molecule has 0 saturated carbocycles. The molecule has 0 unspecified atom stereocenters. The van der Waals surface area contributed by atoms with E-state index in [1.54, 1.807) is 0 Å². The lowest BCUT2D eigenvalue weighted by Crippen LogP contribution is -2.20. The maximum atomic E-state index is 12.1. The number of H-pyrrole nitrogens is 1. The van der Waals surface area contributed by atoms with Gasteiger partial charge in [-0.25, -0.2) is 4.98 Å². The Bertz CT molecular complexity index is 1100. The molecule has 4 rings (SSSR count). The molecule has 0 atom stereocenters. The molecule has 152 valence electrons. The number of para-hydroxylation sites is 2. The van der Waals surface area contributed by atoms with Crippen LogP contribution in [-0.2, 0) is 17.9 Å². The van der Waals surface area contributed by atoms with E-state index in [1.165, 1.54) is 0 Å². The van der Waals surface area contributed by atoms with E-state index in [0.29, 0.717) is 18.8 Å². The number of rotatable bonds is 8. The van der Waals surface area contributed by atoms with Crippen molar-refractivity contribution in [3.63, 3.8) is 0 Å². The number of aryl methyl sites for hydroxylation is 1. The van der Waals surface area contributed by atoms with Crippen LogP contribution in [0.15, 0.2) is 72.8 Å². The smallest absolute Gasteiger partial charge is 0.262 e. The van der Waals surface area contributed by atoms with Gasteiger partial charge in [-0.1, -0.05) is 42.0 Å². The minimum Gasteiger partial charge on any atom is -0.484 e. The number of aromatic amines is 1. The van der Waals surface area contributed by atoms with Crippen molar-refractivity contribution in [2.45, 2.75) is 20.0 Å². The molecule has 30 heavy (non-hydrogen) atoms. The number of anilines is 1. The Hall–Kier alpha value is -3.64. The number of carbonyl (C=O) groups is 1. The van der Waals surface area contributed by atoms with Gasteiger partial charge in [-0.2, -0.15) is 0 Å². The molecule has 1 aromatic heterocycles. The summed E-state index contributed by atoms with van der Waals surface area (Å²) in [7, 11) is 0. The number of carbonyl (C=O) groups excluding carboxylic acids is 1. The third kappa shape index (κ3) is 5.24. The summed E-state index contributed by atoms with van der Waals surface area (Å²) in [6.07, 6.45) is 0. The average molecular weight is 400 g/mol. The van der Waals surface area contributed by atoms with Crippen LogP contribution in [0, 0.1) is 6.92 Å². The number of ether oxygens (including phenoxy) is 1. The van der Waals surface area contributed by atoms with Crippen LogP contribution < -0.4 is 15.4 Å². The highest BCUT2D eigenvalue weighted by Crippen LogP contribution is 2.15. The van der Waals surface area contributed by atoms with Gasteiger partial charge in [-0.05, 0) is 48.9 Å². The first kappa shape index (κ1) is 19.7. The Balaban J connectivity index is 1.26. The molecule has 0 aliphatic carbocycles. The van der Waals surface area contributed by atoms with Gasteiger partial charge in [0.05, 0.1) is 17.6 Å². The molecule has 0 saturated heterocycles. The van der Waals surface area contributed by atoms with Crippen LogP contribution >= 0.6 is 0 Å². The van der Waals surface area contributed by atoms with Crippen LogP contribution in [0.4, 0.5) is 5.69 Å². The van der Waals surface area contributed by atoms with Crippen molar-refractivity contribution in [1.82, 2.24) is 15.3 Å². The van der Waals surface area contributed by atoms with Gasteiger partial charge in [-0.3, -0.25) is 4.79 Å². The number of benzene rings is 3. The van der Waals surface area contributed by atoms with E-state index in [2.05, 4.69) is 20.6 Å². The normalized spacial score (nSPS) is 10.8. The zero-order valence-electron chi connectivity index (χ0n) is 16.8. The first-order valence-corrected chi connectivity index (χ1v) is 9.88. The topological polar surface area (TPSA) is 79.0 Å². The summed E-state index contributed by atoms with van der Waals surface area (Å²) in [5, 5.41) is 6.21. The molecule has 3 N–H and O–H groups in total. The van der Waals surface area contributed by atoms with Crippen molar-refractivity contribution in [1.29, 1.82) is 0 Å². The molecule has 0 bridgehead atoms. The highest BCUT2D eigenvalue weighted by atomic mass is 16.5. The molecular weight excluding hydrogens is 376 g/mol. The van der Waals surface area contributed by atoms with Crippen LogP contribution in [0.2, 0.25) is 0 Å². The van der Waals surface area contributed by atoms with E-state index < -0.39 is 0 Å². The number of aromatic nitrogens is 2. The van der Waals surface area contributed by atoms with E-state index in [9.17, 15) is 4.79 Å². The van der Waals surface area contributed by atoms with E-state index in [1.807, 2.05) is 79.7 Å². The number of nitrogens with one attached hydrogen (secondary N) is 3. The fourth-order valence-electron chi connectivity index (χ4n) is 3.14. The molecule has 0 spiro atoms. The quantitative estimate of drug-likeness (QED) is 0.415. The SMILES string of the molecule is Cc1ccc(NC(=O)COc2cccc(CNCc3nc4ccccc4[nH]3)c2)cc1. The fourth-order valence-corrected chi connectivity index (χ4v) is 3.14. The van der Waals surface area contributed by atoms with Gasteiger partial charge in [-0.15, -0.1) is 0 Å². The average Bonchev–Trinajstić information content (AvgIpc) is 3.17. The zero-order valence-corrected chi connectivity index (χ0v) is 16.8. The van der Waals surface area contributed by atoms with Crippen molar-refractivity contribution >= 4 is 22.6 Å². The zero-order chi connectivity index (χ0) is 20.8. The largest absolute Gasteiger partial charge is 0.484 e. The Labute approximate surface area is 175 Å². The fraction of sp³-hybridized carbons (Fsp3) is 0.167. The monoisotopic (exact) mass is 400 g/mol. The van der Waals surface area contributed by atoms with E-state index in [0.717, 1.165) is 33.7 Å². The molecule has 1 heterocycles. The third-order valence-corrected chi connectivity index (χ3v) is 4.66. The van der Waals surface area contributed by atoms with Gasteiger partial charge in [0.1, 0.15) is 11.6 Å². The minimum atomic E-state index is -0.188. The molecule has 4 aromatic rings. The van der Waals surface area contributed by atoms with Crippen LogP contribution in [0.1, 0.15) is 17.0 Å². The highest BCUT2D eigenvalue weighted by molar-refractivity contribution is 5.91. The first-order chi connectivity index (χ1) is 14.7. The molecule has 0 aliphatic rings. The molecule has 1 amide bonds. The van der Waals surface area contributed by atoms with Crippen molar-refractivity contribution < 1.29 is 9.53 Å². The number of hydrogen-bond donors (Lipinski definition) is 3. The molecule has 0 aliphatic heterocycles. The number of fused-ring (bicyclic) bond motifs is 1. The van der Waals surface area contributed by atoms with Crippen molar-refractivity contribution in [3.05, 3.63) is 89.7 Å². The second kappa shape index (κ2) is 9.24. The minimum absolute atomic E-state index is 0.0380. The molecular formula is C24H24N4O2. The number of imidazole rings is 1. The molecule has 0 radical (unpaired) electrons. The molecule has 3 aromatic carbocycles. The Morgan fingerprint density at radius 2 is 1.83 bits per heavy atom. The summed E-state index contributed by atoms with van der Waals surface area (Å²) in [5.41, 5.74) is 4.98. The maximum absolute atomic E-state index is 12.1. The second-order valence-corrected chi connectivity index (χ2v) is 7.15. The van der Waals surface area contributed by atoms with Gasteiger partial charge < -0.3 is 20.4 Å². The Morgan fingerprint density at radius 3 is 2.67 bits per heavy atom. The second-order valence-electron chi connectivity index (χ2n) is 7.15. The number of nitrogens with zero attached hydrogens (tertiary/aromatic N) is 1. The van der Waals surface area contributed by atoms with E-state index in [-0.39, 0.29) is 12.5 Å². The van der Waals surface area contributed by atoms with Crippen LogP contribution in [-0.4, -0.2) is 22.5 Å². The third-order valence-electron chi connectivity index (χ3n) is 4.66. The summed E-state index contributed by atoms with van der Waals surface area (Å²) >= 11 is 0. The van der Waals surface area contributed by atoms with Crippen LogP contribution in [0.25, 0.3) is 11.0 Å². The van der Waals surface area contributed by atoms with E-state index >= 15 is 0 Å².